The number of aliphatic hydroxyl groups excluding tert-OH is 1. The lowest BCUT2D eigenvalue weighted by Crippen LogP contribution is -2.05. The minimum absolute atomic E-state index is 0.0193. The summed E-state index contributed by atoms with van der Waals surface area (Å²) in [6, 6.07) is 7.19. The molecule has 0 aliphatic rings. The smallest absolute Gasteiger partial charge is 0.450 e. The molecule has 1 aromatic carbocycles. The van der Waals surface area contributed by atoms with Crippen LogP contribution in [0.25, 0.3) is 17.1 Å². The zero-order valence-corrected chi connectivity index (χ0v) is 10.2. The molecule has 0 atom stereocenters. The number of furan rings is 1. The van der Waals surface area contributed by atoms with Crippen molar-refractivity contribution in [2.45, 2.75) is 6.18 Å². The highest BCUT2D eigenvalue weighted by Gasteiger charge is 2.39. The third-order valence-corrected chi connectivity index (χ3v) is 2.68. The molecule has 0 bridgehead atoms. The monoisotopic (exact) mass is 288 g/mol. The Balaban J connectivity index is 2.55. The third kappa shape index (κ3) is 2.76. The molecule has 1 N–H and O–H groups in total. The fourth-order valence-corrected chi connectivity index (χ4v) is 1.70. The maximum Gasteiger partial charge on any atom is 0.450 e. The number of rotatable bonds is 2. The van der Waals surface area contributed by atoms with Gasteiger partial charge in [-0.15, -0.1) is 0 Å². The van der Waals surface area contributed by atoms with E-state index in [1.807, 2.05) is 0 Å². The van der Waals surface area contributed by atoms with Crippen LogP contribution in [-0.4, -0.2) is 5.11 Å². The molecule has 0 saturated heterocycles. The molecule has 0 radical (unpaired) electrons. The van der Waals surface area contributed by atoms with Gasteiger partial charge in [0.2, 0.25) is 5.76 Å². The van der Waals surface area contributed by atoms with Crippen LogP contribution in [-0.2, 0) is 6.18 Å². The van der Waals surface area contributed by atoms with Gasteiger partial charge < -0.3 is 9.52 Å². The van der Waals surface area contributed by atoms with Crippen LogP contribution in [0.5, 0.6) is 0 Å². The number of alkyl halides is 3. The van der Waals surface area contributed by atoms with Crippen LogP contribution >= 0.6 is 11.6 Å². The van der Waals surface area contributed by atoms with E-state index in [0.717, 1.165) is 6.07 Å². The molecule has 0 amide bonds. The summed E-state index contributed by atoms with van der Waals surface area (Å²) in [6.07, 6.45) is -4.70. The second kappa shape index (κ2) is 4.66. The Morgan fingerprint density at radius 1 is 1.21 bits per heavy atom. The van der Waals surface area contributed by atoms with Crippen molar-refractivity contribution in [3.05, 3.63) is 53.3 Å². The van der Waals surface area contributed by atoms with Crippen molar-refractivity contribution < 1.29 is 22.7 Å². The van der Waals surface area contributed by atoms with Gasteiger partial charge in [0.05, 0.1) is 5.56 Å². The van der Waals surface area contributed by atoms with Gasteiger partial charge in [-0.1, -0.05) is 18.2 Å². The summed E-state index contributed by atoms with van der Waals surface area (Å²) in [7, 11) is 0. The first kappa shape index (κ1) is 13.5. The average molecular weight is 289 g/mol. The number of halogens is 4. The van der Waals surface area contributed by atoms with Crippen molar-refractivity contribution in [3.63, 3.8) is 0 Å². The standard InChI is InChI=1S/C13H8ClF3O2/c1-7(18)10-6-11(19-12(10)13(15,16)17)8-2-4-9(14)5-3-8/h2-6,18H,1H2. The van der Waals surface area contributed by atoms with E-state index in [1.165, 1.54) is 24.3 Å². The van der Waals surface area contributed by atoms with Gasteiger partial charge in [-0.2, -0.15) is 13.2 Å². The summed E-state index contributed by atoms with van der Waals surface area (Å²) in [4.78, 5) is 0. The maximum atomic E-state index is 12.7. The lowest BCUT2D eigenvalue weighted by Gasteiger charge is -2.04. The van der Waals surface area contributed by atoms with Crippen LogP contribution in [0.3, 0.4) is 0 Å². The molecular formula is C13H8ClF3O2. The van der Waals surface area contributed by atoms with E-state index in [9.17, 15) is 18.3 Å². The Kier molecular flexibility index (Phi) is 3.32. The zero-order valence-electron chi connectivity index (χ0n) is 9.46. The number of aliphatic hydroxyl groups is 1. The van der Waals surface area contributed by atoms with E-state index >= 15 is 0 Å². The first-order chi connectivity index (χ1) is 8.79. The molecule has 0 aliphatic heterocycles. The lowest BCUT2D eigenvalue weighted by molar-refractivity contribution is -0.153. The van der Waals surface area contributed by atoms with Gasteiger partial charge in [0, 0.05) is 10.6 Å². The van der Waals surface area contributed by atoms with Crippen molar-refractivity contribution >= 4 is 17.4 Å². The van der Waals surface area contributed by atoms with E-state index in [-0.39, 0.29) is 5.76 Å². The Labute approximate surface area is 111 Å². The molecule has 2 rings (SSSR count). The quantitative estimate of drug-likeness (QED) is 0.776. The summed E-state index contributed by atoms with van der Waals surface area (Å²) in [5.41, 5.74) is -0.0557. The number of hydrogen-bond acceptors (Lipinski definition) is 2. The van der Waals surface area contributed by atoms with Crippen molar-refractivity contribution in [1.82, 2.24) is 0 Å². The fourth-order valence-electron chi connectivity index (χ4n) is 1.57. The van der Waals surface area contributed by atoms with Gasteiger partial charge in [-0.25, -0.2) is 0 Å². The Hall–Kier alpha value is -1.88. The first-order valence-electron chi connectivity index (χ1n) is 5.14. The molecule has 19 heavy (non-hydrogen) atoms. The van der Waals surface area contributed by atoms with Crippen molar-refractivity contribution in [3.8, 4) is 11.3 Å². The minimum atomic E-state index is -4.70. The number of benzene rings is 1. The highest BCUT2D eigenvalue weighted by atomic mass is 35.5. The summed E-state index contributed by atoms with van der Waals surface area (Å²) in [5, 5.41) is 9.65. The van der Waals surface area contributed by atoms with Crippen LogP contribution in [0, 0.1) is 0 Å². The molecule has 0 aliphatic carbocycles. The van der Waals surface area contributed by atoms with Gasteiger partial charge >= 0.3 is 6.18 Å². The lowest BCUT2D eigenvalue weighted by atomic mass is 10.1. The van der Waals surface area contributed by atoms with E-state index in [2.05, 4.69) is 6.58 Å². The van der Waals surface area contributed by atoms with Crippen molar-refractivity contribution in [2.24, 2.45) is 0 Å². The van der Waals surface area contributed by atoms with Gasteiger partial charge in [-0.05, 0) is 30.3 Å². The summed E-state index contributed by atoms with van der Waals surface area (Å²) < 4.78 is 43.0. The van der Waals surface area contributed by atoms with Crippen LogP contribution < -0.4 is 0 Å². The molecular weight excluding hydrogens is 281 g/mol. The molecule has 6 heteroatoms. The molecule has 1 heterocycles. The van der Waals surface area contributed by atoms with Gasteiger partial charge in [0.1, 0.15) is 11.5 Å². The average Bonchev–Trinajstić information content (AvgIpc) is 2.74. The molecule has 2 aromatic rings. The van der Waals surface area contributed by atoms with E-state index < -0.39 is 23.3 Å². The predicted molar refractivity (Wildman–Crippen MR) is 65.8 cm³/mol. The van der Waals surface area contributed by atoms with Crippen LogP contribution in [0.4, 0.5) is 13.2 Å². The largest absolute Gasteiger partial charge is 0.508 e. The second-order valence-corrected chi connectivity index (χ2v) is 4.24. The molecule has 1 aromatic heterocycles. The Morgan fingerprint density at radius 2 is 1.79 bits per heavy atom. The first-order valence-corrected chi connectivity index (χ1v) is 5.52. The molecule has 0 unspecified atom stereocenters. The normalized spacial score (nSPS) is 11.6. The van der Waals surface area contributed by atoms with Crippen molar-refractivity contribution in [2.75, 3.05) is 0 Å². The SMILES string of the molecule is C=C(O)c1cc(-c2ccc(Cl)cc2)oc1C(F)(F)F. The second-order valence-electron chi connectivity index (χ2n) is 3.80. The third-order valence-electron chi connectivity index (χ3n) is 2.43. The predicted octanol–water partition coefficient (Wildman–Crippen LogP) is 5.15. The summed E-state index contributed by atoms with van der Waals surface area (Å²) in [5.74, 6) is -1.99. The molecule has 0 saturated carbocycles. The fraction of sp³-hybridized carbons (Fsp3) is 0.0769. The van der Waals surface area contributed by atoms with Gasteiger partial charge in [-0.3, -0.25) is 0 Å². The maximum absolute atomic E-state index is 12.7. The molecule has 2 nitrogen and oxygen atoms in total. The highest BCUT2D eigenvalue weighted by molar-refractivity contribution is 6.30. The van der Waals surface area contributed by atoms with E-state index in [4.69, 9.17) is 16.0 Å². The van der Waals surface area contributed by atoms with E-state index in [0.29, 0.717) is 10.6 Å². The summed E-state index contributed by atoms with van der Waals surface area (Å²) >= 11 is 5.69. The number of hydrogen-bond donors (Lipinski definition) is 1. The van der Waals surface area contributed by atoms with Gasteiger partial charge in [0.15, 0.2) is 0 Å². The van der Waals surface area contributed by atoms with Crippen LogP contribution in [0.15, 0.2) is 41.3 Å². The Bertz CT molecular complexity index is 612. The molecule has 0 spiro atoms. The zero-order chi connectivity index (χ0) is 14.2. The van der Waals surface area contributed by atoms with E-state index in [1.54, 1.807) is 0 Å². The summed E-state index contributed by atoms with van der Waals surface area (Å²) in [6.45, 7) is 3.10. The van der Waals surface area contributed by atoms with Crippen LogP contribution in [0.1, 0.15) is 11.3 Å². The molecule has 0 fully saturated rings. The van der Waals surface area contributed by atoms with Crippen molar-refractivity contribution in [1.29, 1.82) is 0 Å². The Morgan fingerprint density at radius 3 is 2.21 bits per heavy atom. The minimum Gasteiger partial charge on any atom is -0.508 e. The topological polar surface area (TPSA) is 33.4 Å². The van der Waals surface area contributed by atoms with Crippen LogP contribution in [0.2, 0.25) is 5.02 Å². The molecule has 100 valence electrons. The highest BCUT2D eigenvalue weighted by Crippen LogP contribution is 2.39. The van der Waals surface area contributed by atoms with Gasteiger partial charge in [0.25, 0.3) is 0 Å².